The van der Waals surface area contributed by atoms with Gasteiger partial charge >= 0.3 is 0 Å². The highest BCUT2D eigenvalue weighted by molar-refractivity contribution is 6.42. The Labute approximate surface area is 148 Å². The molecule has 4 heteroatoms. The Hall–Kier alpha value is -1.20. The van der Waals surface area contributed by atoms with E-state index in [0.717, 1.165) is 17.6 Å². The van der Waals surface area contributed by atoms with E-state index in [2.05, 4.69) is 20.1 Å². The summed E-state index contributed by atoms with van der Waals surface area (Å²) in [5.41, 5.74) is 2.26. The first-order valence-electron chi connectivity index (χ1n) is 6.84. The summed E-state index contributed by atoms with van der Waals surface area (Å²) in [5.74, 6) is 0.264. The fraction of sp³-hybridized carbons (Fsp3) is 0.278. The van der Waals surface area contributed by atoms with Crippen molar-refractivity contribution in [1.82, 2.24) is 0 Å². The molecule has 1 aromatic carbocycles. The van der Waals surface area contributed by atoms with Crippen molar-refractivity contribution in [1.29, 1.82) is 5.26 Å². The van der Waals surface area contributed by atoms with Crippen LogP contribution < -0.4 is 0 Å². The van der Waals surface area contributed by atoms with Gasteiger partial charge in [-0.05, 0) is 29.5 Å². The number of nitriles is 1. The average Bonchev–Trinajstić information content (AvgIpc) is 2.50. The monoisotopic (exact) mass is 355 g/mol. The quantitative estimate of drug-likeness (QED) is 0.422. The van der Waals surface area contributed by atoms with Crippen LogP contribution in [0.1, 0.15) is 26.3 Å². The molecule has 0 radical (unpaired) electrons. The Kier molecular flexibility index (Phi) is 9.94. The highest BCUT2D eigenvalue weighted by Gasteiger charge is 2.07. The summed E-state index contributed by atoms with van der Waals surface area (Å²) in [6.07, 6.45) is 2.59. The minimum absolute atomic E-state index is 0.264. The van der Waals surface area contributed by atoms with Gasteiger partial charge in [0.25, 0.3) is 0 Å². The Balaban J connectivity index is 0.000000406. The first-order valence-corrected chi connectivity index (χ1v) is 7.97. The Bertz CT molecular complexity index is 607. The zero-order valence-corrected chi connectivity index (χ0v) is 15.4. The predicted molar refractivity (Wildman–Crippen MR) is 98.5 cm³/mol. The maximum Gasteiger partial charge on any atom is 0.100 e. The largest absolute Gasteiger partial charge is 0.192 e. The molecule has 0 aliphatic carbocycles. The van der Waals surface area contributed by atoms with Crippen molar-refractivity contribution in [2.45, 2.75) is 27.2 Å². The molecule has 0 atom stereocenters. The van der Waals surface area contributed by atoms with E-state index >= 15 is 0 Å². The van der Waals surface area contributed by atoms with E-state index in [0.29, 0.717) is 20.7 Å². The van der Waals surface area contributed by atoms with Crippen molar-refractivity contribution in [3.8, 4) is 6.07 Å². The van der Waals surface area contributed by atoms with E-state index in [1.807, 2.05) is 32.0 Å². The number of rotatable bonds is 4. The van der Waals surface area contributed by atoms with Crippen LogP contribution >= 0.6 is 34.8 Å². The molecule has 1 rings (SSSR count). The second-order valence-electron chi connectivity index (χ2n) is 4.79. The molecule has 22 heavy (non-hydrogen) atoms. The third-order valence-corrected chi connectivity index (χ3v) is 4.21. The lowest BCUT2D eigenvalue weighted by Gasteiger charge is -2.08. The van der Waals surface area contributed by atoms with Crippen LogP contribution in [0.5, 0.6) is 0 Å². The summed E-state index contributed by atoms with van der Waals surface area (Å²) in [4.78, 5) is 0. The highest BCUT2D eigenvalue weighted by Crippen LogP contribution is 2.25. The molecular weight excluding hydrogens is 337 g/mol. The standard InChI is InChI=1S/C10H12ClN.C8H8Cl2/c1-5-9(7(2)3)10(11)8(4)6-12;1-2-6-4-3-5-7(9)8(6)10/h5,7H,1,4H2,2-3H3;3-5H,2H2,1H3/b10-9-;. The van der Waals surface area contributed by atoms with Crippen LogP contribution in [0.4, 0.5) is 0 Å². The molecule has 0 N–H and O–H groups in total. The molecule has 1 aromatic rings. The minimum atomic E-state index is 0.264. The summed E-state index contributed by atoms with van der Waals surface area (Å²) in [6.45, 7) is 13.2. The number of aryl methyl sites for hydroxylation is 1. The number of benzene rings is 1. The molecule has 1 nitrogen and oxygen atoms in total. The first kappa shape index (κ1) is 20.8. The van der Waals surface area contributed by atoms with Gasteiger partial charge in [0, 0.05) is 0 Å². The van der Waals surface area contributed by atoms with Gasteiger partial charge in [0.2, 0.25) is 0 Å². The predicted octanol–water partition coefficient (Wildman–Crippen LogP) is 6.96. The second kappa shape index (κ2) is 10.5. The molecule has 0 saturated carbocycles. The van der Waals surface area contributed by atoms with Crippen molar-refractivity contribution < 1.29 is 0 Å². The summed E-state index contributed by atoms with van der Waals surface area (Å²) in [6, 6.07) is 7.59. The molecule has 0 bridgehead atoms. The van der Waals surface area contributed by atoms with Gasteiger partial charge in [-0.2, -0.15) is 5.26 Å². The summed E-state index contributed by atoms with van der Waals surface area (Å²) >= 11 is 17.5. The average molecular weight is 357 g/mol. The zero-order valence-electron chi connectivity index (χ0n) is 13.1. The SMILES string of the molecule is C=C/C(=C(/Cl)C(=C)C#N)C(C)C.CCc1cccc(Cl)c1Cl. The van der Waals surface area contributed by atoms with Gasteiger partial charge in [0.05, 0.1) is 20.7 Å². The second-order valence-corrected chi connectivity index (χ2v) is 5.95. The van der Waals surface area contributed by atoms with E-state index in [4.69, 9.17) is 40.1 Å². The Morgan fingerprint density at radius 1 is 1.36 bits per heavy atom. The highest BCUT2D eigenvalue weighted by atomic mass is 35.5. The van der Waals surface area contributed by atoms with Crippen molar-refractivity contribution in [2.24, 2.45) is 5.92 Å². The topological polar surface area (TPSA) is 23.8 Å². The molecule has 0 aliphatic heterocycles. The summed E-state index contributed by atoms with van der Waals surface area (Å²) in [5, 5.41) is 10.3. The van der Waals surface area contributed by atoms with Crippen LogP contribution in [0.2, 0.25) is 10.0 Å². The van der Waals surface area contributed by atoms with Crippen LogP contribution in [0.3, 0.4) is 0 Å². The third-order valence-electron chi connectivity index (χ3n) is 2.91. The lowest BCUT2D eigenvalue weighted by Crippen LogP contribution is -1.94. The van der Waals surface area contributed by atoms with Crippen molar-refractivity contribution in [3.63, 3.8) is 0 Å². The van der Waals surface area contributed by atoms with E-state index < -0.39 is 0 Å². The molecular formula is C18H20Cl3N. The number of hydrogen-bond acceptors (Lipinski definition) is 1. The van der Waals surface area contributed by atoms with E-state index in [1.54, 1.807) is 12.1 Å². The molecule has 118 valence electrons. The maximum atomic E-state index is 8.53. The lowest BCUT2D eigenvalue weighted by atomic mass is 10.0. The Morgan fingerprint density at radius 2 is 1.95 bits per heavy atom. The molecule has 0 unspecified atom stereocenters. The smallest absolute Gasteiger partial charge is 0.100 e. The van der Waals surface area contributed by atoms with E-state index in [9.17, 15) is 0 Å². The van der Waals surface area contributed by atoms with Crippen LogP contribution in [0, 0.1) is 17.2 Å². The molecule has 0 aromatic heterocycles. The molecule has 0 heterocycles. The number of hydrogen-bond donors (Lipinski definition) is 0. The van der Waals surface area contributed by atoms with Crippen molar-refractivity contribution >= 4 is 34.8 Å². The van der Waals surface area contributed by atoms with Crippen LogP contribution in [0.15, 0.2) is 53.6 Å². The van der Waals surface area contributed by atoms with Gasteiger partial charge < -0.3 is 0 Å². The lowest BCUT2D eigenvalue weighted by molar-refractivity contribution is 0.789. The summed E-state index contributed by atoms with van der Waals surface area (Å²) in [7, 11) is 0. The van der Waals surface area contributed by atoms with Crippen molar-refractivity contribution in [3.05, 3.63) is 69.2 Å². The van der Waals surface area contributed by atoms with Gasteiger partial charge in [0.1, 0.15) is 6.07 Å². The van der Waals surface area contributed by atoms with Gasteiger partial charge in [0.15, 0.2) is 0 Å². The van der Waals surface area contributed by atoms with Crippen LogP contribution in [-0.4, -0.2) is 0 Å². The normalized spacial score (nSPS) is 11.0. The van der Waals surface area contributed by atoms with E-state index in [1.165, 1.54) is 0 Å². The summed E-state index contributed by atoms with van der Waals surface area (Å²) < 4.78 is 0. The van der Waals surface area contributed by atoms with Gasteiger partial charge in [-0.25, -0.2) is 0 Å². The van der Waals surface area contributed by atoms with Gasteiger partial charge in [-0.15, -0.1) is 0 Å². The molecule has 0 amide bonds. The zero-order chi connectivity index (χ0) is 17.3. The van der Waals surface area contributed by atoms with E-state index in [-0.39, 0.29) is 5.92 Å². The maximum absolute atomic E-state index is 8.53. The fourth-order valence-electron chi connectivity index (χ4n) is 1.62. The molecule has 0 saturated heterocycles. The number of allylic oxidation sites excluding steroid dienone is 4. The van der Waals surface area contributed by atoms with Crippen molar-refractivity contribution in [2.75, 3.05) is 0 Å². The van der Waals surface area contributed by atoms with Gasteiger partial charge in [-0.3, -0.25) is 0 Å². The molecule has 0 fully saturated rings. The third kappa shape index (κ3) is 6.28. The van der Waals surface area contributed by atoms with Crippen LogP contribution in [-0.2, 0) is 6.42 Å². The Morgan fingerprint density at radius 3 is 2.32 bits per heavy atom. The number of halogens is 3. The fourth-order valence-corrected chi connectivity index (χ4v) is 2.41. The first-order chi connectivity index (χ1) is 10.3. The minimum Gasteiger partial charge on any atom is -0.192 e. The molecule has 0 aliphatic rings. The van der Waals surface area contributed by atoms with Crippen LogP contribution in [0.25, 0.3) is 0 Å². The molecule has 0 spiro atoms. The number of nitrogens with zero attached hydrogens (tertiary/aromatic N) is 1. The van der Waals surface area contributed by atoms with Gasteiger partial charge in [-0.1, -0.05) is 86.9 Å².